The predicted octanol–water partition coefficient (Wildman–Crippen LogP) is 2.84. The maximum Gasteiger partial charge on any atom is 0.471 e. The Morgan fingerprint density at radius 1 is 1.46 bits per heavy atom. The predicted molar refractivity (Wildman–Crippen MR) is 75.3 cm³/mol. The van der Waals surface area contributed by atoms with Crippen molar-refractivity contribution in [3.63, 3.8) is 0 Å². The van der Waals surface area contributed by atoms with Crippen LogP contribution in [0.2, 0.25) is 0 Å². The summed E-state index contributed by atoms with van der Waals surface area (Å²) in [5, 5.41) is 4.29. The van der Waals surface area contributed by atoms with Gasteiger partial charge in [-0.2, -0.15) is 23.2 Å². The van der Waals surface area contributed by atoms with Crippen LogP contribution in [0.3, 0.4) is 0 Å². The second-order valence-electron chi connectivity index (χ2n) is 4.25. The summed E-state index contributed by atoms with van der Waals surface area (Å²) >= 11 is 1.10. The molecule has 8 nitrogen and oxygen atoms in total. The fraction of sp³-hybridized carbons (Fsp3) is 0.417. The van der Waals surface area contributed by atoms with E-state index in [1.54, 1.807) is 13.0 Å². The number of carbonyl (C=O) groups is 1. The Balaban J connectivity index is 2.07. The molecular weight excluding hydrogens is 353 g/mol. The molecule has 0 fully saturated rings. The van der Waals surface area contributed by atoms with Gasteiger partial charge < -0.3 is 4.52 Å². The Labute approximate surface area is 138 Å². The first-order chi connectivity index (χ1) is 11.3. The number of nitrogens with zero attached hydrogens (tertiary/aromatic N) is 3. The molecule has 2 aromatic rings. The van der Waals surface area contributed by atoms with Gasteiger partial charge in [0.1, 0.15) is 0 Å². The van der Waals surface area contributed by atoms with E-state index in [0.29, 0.717) is 9.75 Å². The van der Waals surface area contributed by atoms with Crippen LogP contribution in [0.1, 0.15) is 17.7 Å². The Morgan fingerprint density at radius 2 is 2.21 bits per heavy atom. The largest absolute Gasteiger partial charge is 0.471 e. The second kappa shape index (κ2) is 7.59. The average Bonchev–Trinajstić information content (AvgIpc) is 3.18. The van der Waals surface area contributed by atoms with E-state index in [0.717, 1.165) is 16.4 Å². The fourth-order valence-electron chi connectivity index (χ4n) is 1.57. The minimum atomic E-state index is -4.70. The summed E-state index contributed by atoms with van der Waals surface area (Å²) in [5.41, 5.74) is 2.16. The van der Waals surface area contributed by atoms with Crippen LogP contribution in [0.4, 0.5) is 18.0 Å². The third kappa shape index (κ3) is 4.43. The molecule has 0 unspecified atom stereocenters. The monoisotopic (exact) mass is 366 g/mol. The van der Waals surface area contributed by atoms with Crippen molar-refractivity contribution in [2.75, 3.05) is 13.7 Å². The number of thiophene rings is 1. The summed E-state index contributed by atoms with van der Waals surface area (Å²) in [6.45, 7) is 2.04. The molecule has 0 spiro atoms. The molecule has 132 valence electrons. The Kier molecular flexibility index (Phi) is 5.75. The van der Waals surface area contributed by atoms with Crippen molar-refractivity contribution in [3.05, 3.63) is 22.9 Å². The van der Waals surface area contributed by atoms with Gasteiger partial charge in [-0.25, -0.2) is 10.3 Å². The number of hydrogen-bond acceptors (Lipinski definition) is 7. The van der Waals surface area contributed by atoms with Gasteiger partial charge >= 0.3 is 18.1 Å². The van der Waals surface area contributed by atoms with Crippen LogP contribution in [0, 0.1) is 0 Å². The number of amides is 2. The number of hydrogen-bond donors (Lipinski definition) is 1. The first-order valence-electron chi connectivity index (χ1n) is 6.58. The third-order valence-corrected chi connectivity index (χ3v) is 3.67. The summed E-state index contributed by atoms with van der Waals surface area (Å²) in [6, 6.07) is 2.52. The standard InChI is InChI=1S/C12H13F3N4O4S/c1-3-22-18-11(20)19(21-2)6-7-4-5-8(24-7)9-16-10(23-17-9)12(13,14)15/h4-5H,3,6H2,1-2H3,(H,18,20). The number of aromatic nitrogens is 2. The van der Waals surface area contributed by atoms with Gasteiger partial charge in [-0.05, 0) is 19.1 Å². The lowest BCUT2D eigenvalue weighted by Crippen LogP contribution is -2.38. The summed E-state index contributed by atoms with van der Waals surface area (Å²) in [7, 11) is 1.30. The van der Waals surface area contributed by atoms with Gasteiger partial charge in [0, 0.05) is 4.88 Å². The Morgan fingerprint density at radius 3 is 2.79 bits per heavy atom. The molecule has 2 amide bonds. The molecule has 0 aliphatic carbocycles. The van der Waals surface area contributed by atoms with Gasteiger partial charge in [-0.1, -0.05) is 5.16 Å². The maximum absolute atomic E-state index is 12.5. The number of rotatable bonds is 6. The fourth-order valence-corrected chi connectivity index (χ4v) is 2.48. The first-order valence-corrected chi connectivity index (χ1v) is 7.40. The number of nitrogens with one attached hydrogen (secondary N) is 1. The highest BCUT2D eigenvalue weighted by molar-refractivity contribution is 7.15. The minimum absolute atomic E-state index is 0.0596. The molecule has 0 radical (unpaired) electrons. The van der Waals surface area contributed by atoms with Gasteiger partial charge in [0.15, 0.2) is 0 Å². The molecule has 12 heteroatoms. The van der Waals surface area contributed by atoms with Crippen molar-refractivity contribution in [1.82, 2.24) is 20.7 Å². The zero-order valence-corrected chi connectivity index (χ0v) is 13.4. The summed E-state index contributed by atoms with van der Waals surface area (Å²) in [4.78, 5) is 25.7. The lowest BCUT2D eigenvalue weighted by Gasteiger charge is -2.18. The van der Waals surface area contributed by atoms with Gasteiger partial charge in [0.25, 0.3) is 0 Å². The SMILES string of the molecule is CCONC(=O)N(Cc1ccc(-c2noc(C(F)(F)F)n2)s1)OC. The number of urea groups is 1. The van der Waals surface area contributed by atoms with Crippen LogP contribution in [0.25, 0.3) is 10.7 Å². The zero-order valence-electron chi connectivity index (χ0n) is 12.6. The van der Waals surface area contributed by atoms with Crippen LogP contribution >= 0.6 is 11.3 Å². The third-order valence-electron chi connectivity index (χ3n) is 2.60. The topological polar surface area (TPSA) is 89.7 Å². The van der Waals surface area contributed by atoms with Crippen molar-refractivity contribution < 1.29 is 32.2 Å². The molecule has 2 heterocycles. The number of halogens is 3. The van der Waals surface area contributed by atoms with Crippen molar-refractivity contribution >= 4 is 17.4 Å². The summed E-state index contributed by atoms with van der Waals surface area (Å²) < 4.78 is 41.6. The van der Waals surface area contributed by atoms with Crippen LogP contribution in [0.5, 0.6) is 0 Å². The van der Waals surface area contributed by atoms with E-state index in [1.165, 1.54) is 13.2 Å². The lowest BCUT2D eigenvalue weighted by atomic mass is 10.4. The lowest BCUT2D eigenvalue weighted by molar-refractivity contribution is -0.159. The molecule has 1 N–H and O–H groups in total. The molecule has 24 heavy (non-hydrogen) atoms. The Hall–Kier alpha value is -2.18. The minimum Gasteiger partial charge on any atom is -0.329 e. The smallest absolute Gasteiger partial charge is 0.329 e. The number of carbonyl (C=O) groups excluding carboxylic acids is 1. The van der Waals surface area contributed by atoms with E-state index >= 15 is 0 Å². The summed E-state index contributed by atoms with van der Waals surface area (Å²) in [5.74, 6) is -1.59. The van der Waals surface area contributed by atoms with E-state index < -0.39 is 18.1 Å². The Bertz CT molecular complexity index is 688. The number of hydroxylamine groups is 3. The highest BCUT2D eigenvalue weighted by Gasteiger charge is 2.38. The molecule has 2 aromatic heterocycles. The highest BCUT2D eigenvalue weighted by Crippen LogP contribution is 2.32. The zero-order chi connectivity index (χ0) is 17.7. The molecule has 0 aliphatic rings. The normalized spacial score (nSPS) is 11.5. The quantitative estimate of drug-likeness (QED) is 0.791. The van der Waals surface area contributed by atoms with Gasteiger partial charge in [-0.3, -0.25) is 9.68 Å². The van der Waals surface area contributed by atoms with Crippen LogP contribution in [-0.4, -0.2) is 35.0 Å². The molecule has 0 saturated carbocycles. The van der Waals surface area contributed by atoms with Gasteiger partial charge in [0.2, 0.25) is 5.82 Å². The molecular formula is C12H13F3N4O4S. The van der Waals surface area contributed by atoms with Gasteiger partial charge in [-0.15, -0.1) is 11.3 Å². The van der Waals surface area contributed by atoms with Gasteiger partial charge in [0.05, 0.1) is 25.1 Å². The molecule has 0 aliphatic heterocycles. The van der Waals surface area contributed by atoms with Crippen molar-refractivity contribution in [2.24, 2.45) is 0 Å². The molecule has 0 atom stereocenters. The van der Waals surface area contributed by atoms with E-state index in [1.807, 2.05) is 0 Å². The van der Waals surface area contributed by atoms with Crippen molar-refractivity contribution in [2.45, 2.75) is 19.6 Å². The first kappa shape index (κ1) is 18.2. The van der Waals surface area contributed by atoms with E-state index in [4.69, 9.17) is 9.68 Å². The molecule has 0 bridgehead atoms. The highest BCUT2D eigenvalue weighted by atomic mass is 32.1. The average molecular weight is 366 g/mol. The maximum atomic E-state index is 12.5. The summed E-state index contributed by atoms with van der Waals surface area (Å²) in [6.07, 6.45) is -4.70. The second-order valence-corrected chi connectivity index (χ2v) is 5.41. The molecule has 0 aromatic carbocycles. The van der Waals surface area contributed by atoms with Crippen LogP contribution in [-0.2, 0) is 22.4 Å². The van der Waals surface area contributed by atoms with E-state index in [-0.39, 0.29) is 19.0 Å². The number of alkyl halides is 3. The van der Waals surface area contributed by atoms with Crippen LogP contribution in [0.15, 0.2) is 16.7 Å². The van der Waals surface area contributed by atoms with Crippen LogP contribution < -0.4 is 5.48 Å². The van der Waals surface area contributed by atoms with Crippen molar-refractivity contribution in [3.8, 4) is 10.7 Å². The van der Waals surface area contributed by atoms with E-state index in [2.05, 4.69) is 20.1 Å². The van der Waals surface area contributed by atoms with E-state index in [9.17, 15) is 18.0 Å². The molecule has 0 saturated heterocycles. The molecule has 2 rings (SSSR count). The van der Waals surface area contributed by atoms with Crippen molar-refractivity contribution in [1.29, 1.82) is 0 Å².